The van der Waals surface area contributed by atoms with Gasteiger partial charge in [0.1, 0.15) is 12.1 Å². The van der Waals surface area contributed by atoms with Crippen molar-refractivity contribution >= 4 is 19.8 Å². The van der Waals surface area contributed by atoms with Crippen LogP contribution in [0.4, 0.5) is 0 Å². The topological polar surface area (TPSA) is 155 Å². The van der Waals surface area contributed by atoms with Crippen LogP contribution in [-0.4, -0.2) is 60.5 Å². The number of aliphatic carboxylic acids is 1. The lowest BCUT2D eigenvalue weighted by molar-refractivity contribution is -0.154. The molecule has 0 aliphatic rings. The fourth-order valence-electron chi connectivity index (χ4n) is 5.11. The molecule has 0 aliphatic heterocycles. The largest absolute Gasteiger partial charge is 0.480 e. The minimum absolute atomic E-state index is 0.0132. The first-order valence-corrected chi connectivity index (χ1v) is 22.8. The number of hydrogen-bond donors (Lipinski definition) is 3. The molecule has 57 heavy (non-hydrogen) atoms. The van der Waals surface area contributed by atoms with Crippen molar-refractivity contribution in [2.24, 2.45) is 5.73 Å². The van der Waals surface area contributed by atoms with Crippen LogP contribution in [0, 0.1) is 0 Å². The summed E-state index contributed by atoms with van der Waals surface area (Å²) in [6.07, 6.45) is 53.2. The summed E-state index contributed by atoms with van der Waals surface area (Å²) in [7, 11) is -4.63. The molecule has 0 fully saturated rings. The third kappa shape index (κ3) is 40.9. The summed E-state index contributed by atoms with van der Waals surface area (Å²) in [6, 6.07) is -1.49. The van der Waals surface area contributed by atoms with Crippen LogP contribution in [0.3, 0.4) is 0 Å². The third-order valence-electron chi connectivity index (χ3n) is 8.36. The Morgan fingerprint density at radius 1 is 0.561 bits per heavy atom. The summed E-state index contributed by atoms with van der Waals surface area (Å²) in [5, 5.41) is 8.89. The zero-order valence-corrected chi connectivity index (χ0v) is 36.0. The maximum Gasteiger partial charge on any atom is 0.472 e. The number of rotatable bonds is 39. The Hall–Kier alpha value is -3.11. The normalized spacial score (nSPS) is 14.9. The average molecular weight is 818 g/mol. The van der Waals surface area contributed by atoms with E-state index in [-0.39, 0.29) is 13.0 Å². The van der Waals surface area contributed by atoms with Crippen molar-refractivity contribution in [3.05, 3.63) is 97.2 Å². The summed E-state index contributed by atoms with van der Waals surface area (Å²) in [5.41, 5.74) is 5.35. The molecule has 0 aromatic carbocycles. The van der Waals surface area contributed by atoms with Gasteiger partial charge in [0.05, 0.1) is 19.8 Å². The molecule has 0 spiro atoms. The molecule has 0 aromatic heterocycles. The smallest absolute Gasteiger partial charge is 0.472 e. The van der Waals surface area contributed by atoms with Crippen LogP contribution < -0.4 is 5.73 Å². The highest BCUT2D eigenvalue weighted by molar-refractivity contribution is 7.47. The minimum atomic E-state index is -4.63. The molecule has 0 bridgehead atoms. The number of carbonyl (C=O) groups is 2. The van der Waals surface area contributed by atoms with Crippen molar-refractivity contribution in [3.63, 3.8) is 0 Å². The lowest BCUT2D eigenvalue weighted by Gasteiger charge is -2.20. The molecule has 324 valence electrons. The maximum atomic E-state index is 12.6. The molecular weight excluding hydrogens is 741 g/mol. The van der Waals surface area contributed by atoms with Crippen molar-refractivity contribution < 1.29 is 42.7 Å². The summed E-state index contributed by atoms with van der Waals surface area (Å²) in [5.74, 6) is -1.82. The first-order chi connectivity index (χ1) is 27.7. The van der Waals surface area contributed by atoms with Gasteiger partial charge in [-0.3, -0.25) is 18.6 Å². The van der Waals surface area contributed by atoms with Gasteiger partial charge in [-0.2, -0.15) is 0 Å². The molecule has 0 aromatic rings. The molecule has 11 heteroatoms. The van der Waals surface area contributed by atoms with Crippen molar-refractivity contribution in [2.45, 2.75) is 154 Å². The van der Waals surface area contributed by atoms with Crippen LogP contribution in [0.2, 0.25) is 0 Å². The van der Waals surface area contributed by atoms with Gasteiger partial charge in [0.2, 0.25) is 0 Å². The van der Waals surface area contributed by atoms with Gasteiger partial charge in [-0.15, -0.1) is 0 Å². The second kappa shape index (κ2) is 41.1. The Labute approximate surface area is 345 Å². The molecule has 0 saturated carbocycles. The van der Waals surface area contributed by atoms with Crippen LogP contribution in [0.25, 0.3) is 0 Å². The van der Waals surface area contributed by atoms with Crippen LogP contribution >= 0.6 is 7.82 Å². The molecule has 3 unspecified atom stereocenters. The minimum Gasteiger partial charge on any atom is -0.480 e. The van der Waals surface area contributed by atoms with E-state index in [1.165, 1.54) is 0 Å². The second-order valence-corrected chi connectivity index (χ2v) is 15.2. The van der Waals surface area contributed by atoms with Crippen molar-refractivity contribution in [2.75, 3.05) is 26.4 Å². The van der Waals surface area contributed by atoms with E-state index in [0.717, 1.165) is 116 Å². The molecule has 10 nitrogen and oxygen atoms in total. The monoisotopic (exact) mass is 818 g/mol. The second-order valence-electron chi connectivity index (χ2n) is 13.7. The number of phosphoric acid groups is 1. The number of carboxylic acid groups (broad SMARTS) is 1. The van der Waals surface area contributed by atoms with Gasteiger partial charge < -0.3 is 25.2 Å². The fourth-order valence-corrected chi connectivity index (χ4v) is 5.89. The van der Waals surface area contributed by atoms with Crippen LogP contribution in [-0.2, 0) is 32.7 Å². The van der Waals surface area contributed by atoms with E-state index in [9.17, 15) is 19.0 Å². The summed E-state index contributed by atoms with van der Waals surface area (Å²) in [6.45, 7) is 3.54. The van der Waals surface area contributed by atoms with Crippen molar-refractivity contribution in [1.82, 2.24) is 0 Å². The van der Waals surface area contributed by atoms with Crippen LogP contribution in [0.5, 0.6) is 0 Å². The van der Waals surface area contributed by atoms with E-state index in [4.69, 9.17) is 29.4 Å². The number of ether oxygens (including phenoxy) is 2. The molecule has 0 radical (unpaired) electrons. The average Bonchev–Trinajstić information content (AvgIpc) is 3.19. The molecular formula is C46H76NO9P. The molecule has 4 N–H and O–H groups in total. The number of phosphoric ester groups is 1. The zero-order chi connectivity index (χ0) is 41.9. The molecule has 0 aliphatic carbocycles. The SMILES string of the molecule is CC/C=C\C/C=C\C/C=C\C/C=C\C/C=C\CCCCCCCC(=O)OC(COCCCCCC/C=C\C/C=C\C/C=C\CC)COP(=O)(O)OCC(N)C(=O)O. The van der Waals surface area contributed by atoms with Gasteiger partial charge in [0, 0.05) is 13.0 Å². The molecule has 0 heterocycles. The first-order valence-electron chi connectivity index (χ1n) is 21.3. The van der Waals surface area contributed by atoms with Crippen molar-refractivity contribution in [1.29, 1.82) is 0 Å². The summed E-state index contributed by atoms with van der Waals surface area (Å²) < 4.78 is 33.3. The van der Waals surface area contributed by atoms with Crippen LogP contribution in [0.15, 0.2) is 97.2 Å². The highest BCUT2D eigenvalue weighted by Gasteiger charge is 2.27. The van der Waals surface area contributed by atoms with Gasteiger partial charge in [-0.25, -0.2) is 4.57 Å². The molecule has 0 amide bonds. The van der Waals surface area contributed by atoms with E-state index in [1.54, 1.807) is 0 Å². The van der Waals surface area contributed by atoms with Gasteiger partial charge in [-0.1, -0.05) is 143 Å². The molecule has 0 rings (SSSR count). The van der Waals surface area contributed by atoms with E-state index in [0.29, 0.717) is 13.0 Å². The van der Waals surface area contributed by atoms with E-state index >= 15 is 0 Å². The standard InChI is InChI=1S/C46H76NO9P/c1-3-5-7-9-11-13-15-17-19-20-21-22-23-24-25-26-28-30-32-34-36-38-45(48)56-43(41-54-57(51,52)55-42-44(47)46(49)50)40-53-39-37-35-33-31-29-27-18-16-14-12-10-8-6-4-2/h5-8,11-14,17-19,21-22,24-25,27,43-44H,3-4,9-10,15-16,20,23,26,28-42,47H2,1-2H3,(H,49,50)(H,51,52)/b7-5-,8-6-,13-11-,14-12-,19-17-,22-21-,25-24-,27-18-. The number of unbranched alkanes of at least 4 members (excludes halogenated alkanes) is 9. The fraction of sp³-hybridized carbons (Fsp3) is 0.609. The Kier molecular flexibility index (Phi) is 38.8. The lowest BCUT2D eigenvalue weighted by atomic mass is 10.1. The lowest BCUT2D eigenvalue weighted by Crippen LogP contribution is -2.34. The summed E-state index contributed by atoms with van der Waals surface area (Å²) >= 11 is 0. The molecule has 0 saturated heterocycles. The highest BCUT2D eigenvalue weighted by atomic mass is 31.2. The van der Waals surface area contributed by atoms with E-state index < -0.39 is 45.1 Å². The van der Waals surface area contributed by atoms with Gasteiger partial charge in [0.25, 0.3) is 0 Å². The predicted octanol–water partition coefficient (Wildman–Crippen LogP) is 11.8. The number of esters is 1. The van der Waals surface area contributed by atoms with Gasteiger partial charge >= 0.3 is 19.8 Å². The number of carboxylic acids is 1. The third-order valence-corrected chi connectivity index (χ3v) is 9.31. The van der Waals surface area contributed by atoms with Gasteiger partial charge in [0.15, 0.2) is 0 Å². The molecule has 3 atom stereocenters. The Balaban J connectivity index is 4.34. The Bertz CT molecular complexity index is 1270. The maximum absolute atomic E-state index is 12.6. The predicted molar refractivity (Wildman–Crippen MR) is 235 cm³/mol. The van der Waals surface area contributed by atoms with E-state index in [1.807, 2.05) is 0 Å². The van der Waals surface area contributed by atoms with E-state index in [2.05, 4.69) is 111 Å². The van der Waals surface area contributed by atoms with Crippen LogP contribution in [0.1, 0.15) is 142 Å². The number of nitrogens with two attached hydrogens (primary N) is 1. The quantitative estimate of drug-likeness (QED) is 0.0236. The Morgan fingerprint density at radius 2 is 0.965 bits per heavy atom. The van der Waals surface area contributed by atoms with Crippen molar-refractivity contribution in [3.8, 4) is 0 Å². The Morgan fingerprint density at radius 3 is 1.44 bits per heavy atom. The first kappa shape index (κ1) is 53.9. The number of hydrogen-bond acceptors (Lipinski definition) is 8. The zero-order valence-electron chi connectivity index (χ0n) is 35.1. The van der Waals surface area contributed by atoms with Gasteiger partial charge in [-0.05, 0) is 89.9 Å². The number of allylic oxidation sites excluding steroid dienone is 16. The highest BCUT2D eigenvalue weighted by Crippen LogP contribution is 2.43. The number of carbonyl (C=O) groups excluding carboxylic acids is 1. The summed E-state index contributed by atoms with van der Waals surface area (Å²) in [4.78, 5) is 33.5.